The van der Waals surface area contributed by atoms with Crippen molar-refractivity contribution in [3.8, 4) is 5.75 Å². The molecule has 39 heavy (non-hydrogen) atoms. The Morgan fingerprint density at radius 1 is 1.10 bits per heavy atom. The third-order valence-corrected chi connectivity index (χ3v) is 13.9. The molecule has 1 aliphatic heterocycles. The number of benzene rings is 1. The summed E-state index contributed by atoms with van der Waals surface area (Å²) in [5, 5.41) is 0.0964. The van der Waals surface area contributed by atoms with E-state index in [2.05, 4.69) is 43.2 Å². The highest BCUT2D eigenvalue weighted by Crippen LogP contribution is 2.37. The highest BCUT2D eigenvalue weighted by Gasteiger charge is 2.37. The molecule has 2 unspecified atom stereocenters. The van der Waals surface area contributed by atoms with Crippen LogP contribution in [0.1, 0.15) is 71.7 Å². The van der Waals surface area contributed by atoms with Crippen LogP contribution in [0.5, 0.6) is 5.75 Å². The summed E-state index contributed by atoms with van der Waals surface area (Å²) in [6, 6.07) is 11.2. The van der Waals surface area contributed by atoms with Crippen molar-refractivity contribution in [2.24, 2.45) is 5.92 Å². The molecule has 1 N–H and O–H groups in total. The number of aromatic nitrogens is 1. The Labute approximate surface area is 238 Å². The van der Waals surface area contributed by atoms with Crippen molar-refractivity contribution in [1.29, 1.82) is 0 Å². The number of ether oxygens (including phenoxy) is 2. The first kappa shape index (κ1) is 31.7. The molecule has 1 aromatic carbocycles. The average Bonchev–Trinajstić information content (AvgIpc) is 2.87. The van der Waals surface area contributed by atoms with Crippen molar-refractivity contribution >= 4 is 19.3 Å². The van der Waals surface area contributed by atoms with Crippen LogP contribution < -0.4 is 14.9 Å². The van der Waals surface area contributed by atoms with Gasteiger partial charge in [0.1, 0.15) is 6.61 Å². The lowest BCUT2D eigenvalue weighted by Crippen LogP contribution is -2.42. The Morgan fingerprint density at radius 3 is 2.33 bits per heavy atom. The van der Waals surface area contributed by atoms with Crippen LogP contribution in [0.15, 0.2) is 47.4 Å². The Morgan fingerprint density at radius 2 is 1.74 bits per heavy atom. The molecule has 2 atom stereocenters. The van der Waals surface area contributed by atoms with Gasteiger partial charge in [-0.05, 0) is 63.2 Å². The first-order valence-electron chi connectivity index (χ1n) is 14.0. The van der Waals surface area contributed by atoms with Crippen LogP contribution in [-0.4, -0.2) is 41.7 Å². The van der Waals surface area contributed by atoms with Gasteiger partial charge in [0.2, 0.25) is 5.43 Å². The molecule has 3 rings (SSSR count). The lowest BCUT2D eigenvalue weighted by atomic mass is 9.90. The van der Waals surface area contributed by atoms with Crippen LogP contribution in [0, 0.1) is 5.92 Å². The van der Waals surface area contributed by atoms with E-state index in [4.69, 9.17) is 13.9 Å². The van der Waals surface area contributed by atoms with E-state index in [0.29, 0.717) is 38.7 Å². The number of hydrogen-bond acceptors (Lipinski definition) is 5. The van der Waals surface area contributed by atoms with Crippen LogP contribution in [0.3, 0.4) is 0 Å². The van der Waals surface area contributed by atoms with Gasteiger partial charge >= 0.3 is 0 Å². The summed E-state index contributed by atoms with van der Waals surface area (Å²) >= 11 is 0. The summed E-state index contributed by atoms with van der Waals surface area (Å²) < 4.78 is 36.5. The highest BCUT2D eigenvalue weighted by atomic mass is 32.2. The summed E-state index contributed by atoms with van der Waals surface area (Å²) in [4.78, 5) is 13.4. The van der Waals surface area contributed by atoms with Crippen molar-refractivity contribution in [3.05, 3.63) is 64.1 Å². The van der Waals surface area contributed by atoms with E-state index in [1.807, 2.05) is 57.3 Å². The molecule has 2 heterocycles. The van der Waals surface area contributed by atoms with Crippen molar-refractivity contribution in [2.45, 2.75) is 96.5 Å². The molecular formula is C30H48N2O5SSi. The molecule has 9 heteroatoms. The molecule has 1 aliphatic rings. The number of hydrogen-bond donors (Lipinski definition) is 1. The zero-order valence-electron chi connectivity index (χ0n) is 25.0. The highest BCUT2D eigenvalue weighted by molar-refractivity contribution is 7.84. The quantitative estimate of drug-likeness (QED) is 0.334. The van der Waals surface area contributed by atoms with Gasteiger partial charge in [0.25, 0.3) is 0 Å². The minimum Gasteiger partial charge on any atom is -0.483 e. The molecule has 1 saturated heterocycles. The molecule has 2 aromatic rings. The molecular weight excluding hydrogens is 528 g/mol. The second-order valence-electron chi connectivity index (χ2n) is 12.9. The predicted molar refractivity (Wildman–Crippen MR) is 162 cm³/mol. The monoisotopic (exact) mass is 576 g/mol. The van der Waals surface area contributed by atoms with E-state index in [-0.39, 0.29) is 22.4 Å². The molecule has 0 amide bonds. The molecule has 0 bridgehead atoms. The van der Waals surface area contributed by atoms with Gasteiger partial charge in [-0.2, -0.15) is 0 Å². The maximum absolute atomic E-state index is 13.4. The average molecular weight is 577 g/mol. The normalized spacial score (nSPS) is 17.1. The van der Waals surface area contributed by atoms with E-state index in [1.54, 1.807) is 6.07 Å². The van der Waals surface area contributed by atoms with Crippen LogP contribution in [0.2, 0.25) is 18.1 Å². The minimum atomic E-state index is -1.96. The lowest BCUT2D eigenvalue weighted by Gasteiger charge is -2.37. The van der Waals surface area contributed by atoms with Gasteiger partial charge in [-0.25, -0.2) is 8.93 Å². The standard InChI is InChI=1S/C30H48N2O5SSi/c1-29(2,3)38(34)31-28(24-14-17-35-18-15-24)25-20-26(33)27(36-22-23-12-10-9-11-13-23)21-32(25)16-19-37-39(7,8)30(4,5)6/h9-13,20-21,24,28,31H,14-19,22H2,1-8H3. The third kappa shape index (κ3) is 8.85. The topological polar surface area (TPSA) is 78.8 Å². The fraction of sp³-hybridized carbons (Fsp3) is 0.633. The Balaban J connectivity index is 1.98. The van der Waals surface area contributed by atoms with Gasteiger partial charge in [-0.1, -0.05) is 51.1 Å². The fourth-order valence-electron chi connectivity index (χ4n) is 4.23. The smallest absolute Gasteiger partial charge is 0.223 e. The maximum atomic E-state index is 13.4. The number of nitrogens with one attached hydrogen (secondary N) is 1. The largest absolute Gasteiger partial charge is 0.483 e. The fourth-order valence-corrected chi connectivity index (χ4v) is 6.16. The number of rotatable bonds is 11. The Kier molecular flexibility index (Phi) is 10.8. The molecule has 0 spiro atoms. The molecule has 218 valence electrons. The predicted octanol–water partition coefficient (Wildman–Crippen LogP) is 5.97. The summed E-state index contributed by atoms with van der Waals surface area (Å²) in [6.07, 6.45) is 3.48. The summed E-state index contributed by atoms with van der Waals surface area (Å²) in [6.45, 7) is 19.7. The Hall–Kier alpha value is -1.78. The molecule has 0 radical (unpaired) electrons. The Bertz CT molecular complexity index is 1150. The molecule has 1 fully saturated rings. The summed E-state index contributed by atoms with van der Waals surface area (Å²) in [5.41, 5.74) is 1.63. The number of nitrogens with zero attached hydrogens (tertiary/aromatic N) is 1. The number of pyridine rings is 1. The second kappa shape index (κ2) is 13.3. The van der Waals surface area contributed by atoms with Crippen molar-refractivity contribution < 1.29 is 18.1 Å². The van der Waals surface area contributed by atoms with E-state index >= 15 is 0 Å². The van der Waals surface area contributed by atoms with Crippen molar-refractivity contribution in [2.75, 3.05) is 19.8 Å². The van der Waals surface area contributed by atoms with Crippen molar-refractivity contribution in [1.82, 2.24) is 9.29 Å². The first-order chi connectivity index (χ1) is 18.2. The molecule has 7 nitrogen and oxygen atoms in total. The summed E-state index contributed by atoms with van der Waals surface area (Å²) in [7, 11) is -3.27. The van der Waals surface area contributed by atoms with Gasteiger partial charge in [0.15, 0.2) is 14.1 Å². The van der Waals surface area contributed by atoms with Gasteiger partial charge in [0.05, 0.1) is 34.6 Å². The lowest BCUT2D eigenvalue weighted by molar-refractivity contribution is 0.0554. The van der Waals surface area contributed by atoms with E-state index < -0.39 is 24.1 Å². The van der Waals surface area contributed by atoms with Crippen LogP contribution in [0.25, 0.3) is 0 Å². The van der Waals surface area contributed by atoms with Crippen LogP contribution in [0.4, 0.5) is 0 Å². The summed E-state index contributed by atoms with van der Waals surface area (Å²) in [5.74, 6) is 0.491. The minimum absolute atomic E-state index is 0.0964. The van der Waals surface area contributed by atoms with Crippen LogP contribution in [-0.2, 0) is 33.3 Å². The first-order valence-corrected chi connectivity index (χ1v) is 18.1. The zero-order chi connectivity index (χ0) is 28.8. The van der Waals surface area contributed by atoms with E-state index in [9.17, 15) is 9.00 Å². The van der Waals surface area contributed by atoms with E-state index in [0.717, 1.165) is 24.1 Å². The van der Waals surface area contributed by atoms with Gasteiger partial charge < -0.3 is 18.5 Å². The molecule has 0 aliphatic carbocycles. The zero-order valence-corrected chi connectivity index (χ0v) is 26.9. The second-order valence-corrected chi connectivity index (χ2v) is 19.7. The van der Waals surface area contributed by atoms with Gasteiger partial charge in [-0.15, -0.1) is 0 Å². The van der Waals surface area contributed by atoms with Gasteiger partial charge in [-0.3, -0.25) is 4.79 Å². The SMILES string of the molecule is CC(C)(C)S(=O)NC(c1cc(=O)c(OCc2ccccc2)cn1CCO[Si](C)(C)C(C)(C)C)C1CCOCC1. The third-order valence-electron chi connectivity index (χ3n) is 7.81. The molecule has 1 aromatic heterocycles. The van der Waals surface area contributed by atoms with Crippen molar-refractivity contribution in [3.63, 3.8) is 0 Å². The van der Waals surface area contributed by atoms with Crippen LogP contribution >= 0.6 is 0 Å². The van der Waals surface area contributed by atoms with E-state index in [1.165, 1.54) is 0 Å². The molecule has 0 saturated carbocycles. The van der Waals surface area contributed by atoms with Gasteiger partial charge in [0, 0.05) is 31.5 Å². The maximum Gasteiger partial charge on any atom is 0.223 e.